The lowest BCUT2D eigenvalue weighted by Gasteiger charge is -2.22. The third-order valence-corrected chi connectivity index (χ3v) is 3.77. The van der Waals surface area contributed by atoms with Gasteiger partial charge in [0, 0.05) is 13.2 Å². The molecule has 0 aromatic heterocycles. The van der Waals surface area contributed by atoms with E-state index in [0.717, 1.165) is 6.42 Å². The fourth-order valence-electron chi connectivity index (χ4n) is 1.08. The summed E-state index contributed by atoms with van der Waals surface area (Å²) in [4.78, 5) is 13.6. The maximum Gasteiger partial charge on any atom is 0.764 e. The van der Waals surface area contributed by atoms with Crippen LogP contribution < -0.4 is 0 Å². The predicted octanol–water partition coefficient (Wildman–Crippen LogP) is 1.38. The van der Waals surface area contributed by atoms with Crippen LogP contribution >= 0.6 is 0 Å². The normalized spacial score (nSPS) is 13.7. The predicted molar refractivity (Wildman–Crippen MR) is 66.3 cm³/mol. The molecule has 0 aliphatic carbocycles. The summed E-state index contributed by atoms with van der Waals surface area (Å²) >= 11 is 0. The third kappa shape index (κ3) is 8.63. The van der Waals surface area contributed by atoms with E-state index in [-0.39, 0.29) is 6.10 Å². The Morgan fingerprint density at radius 3 is 1.84 bits per heavy atom. The van der Waals surface area contributed by atoms with E-state index < -0.39 is 9.05 Å². The summed E-state index contributed by atoms with van der Waals surface area (Å²) in [6.45, 7) is 4.92. The maximum atomic E-state index is 5.51. The second-order valence-electron chi connectivity index (χ2n) is 3.54. The number of rotatable bonds is 13. The van der Waals surface area contributed by atoms with Crippen molar-refractivity contribution in [3.8, 4) is 0 Å². The molecule has 1 unspecified atom stereocenters. The van der Waals surface area contributed by atoms with Gasteiger partial charge in [0.1, 0.15) is 0 Å². The molecular formula is C10H24O8Si. The van der Waals surface area contributed by atoms with Crippen LogP contribution in [0.2, 0.25) is 0 Å². The van der Waals surface area contributed by atoms with Crippen molar-refractivity contribution in [1.29, 1.82) is 0 Å². The highest BCUT2D eigenvalue weighted by molar-refractivity contribution is 6.52. The molecule has 0 bridgehead atoms. The van der Waals surface area contributed by atoms with E-state index in [2.05, 4.69) is 21.6 Å². The van der Waals surface area contributed by atoms with Crippen LogP contribution in [0.15, 0.2) is 0 Å². The zero-order valence-electron chi connectivity index (χ0n) is 12.2. The number of hydrogen-bond acceptors (Lipinski definition) is 8. The highest BCUT2D eigenvalue weighted by Gasteiger charge is 2.51. The van der Waals surface area contributed by atoms with E-state index in [1.807, 2.05) is 6.92 Å². The zero-order chi connectivity index (χ0) is 14.6. The van der Waals surface area contributed by atoms with Crippen LogP contribution in [0.1, 0.15) is 26.7 Å². The Bertz CT molecular complexity index is 189. The maximum absolute atomic E-state index is 5.51. The summed E-state index contributed by atoms with van der Waals surface area (Å²) in [6, 6.07) is 0. The standard InChI is InChI=1S/C10H24O8Si/c1-6-10(2)14-8-7-9-15-19(16-11-3,17-12-4)18-13-5/h10H,6-9H2,1-5H3. The van der Waals surface area contributed by atoms with Gasteiger partial charge in [-0.05, 0) is 19.8 Å². The van der Waals surface area contributed by atoms with Gasteiger partial charge in [-0.15, -0.1) is 0 Å². The minimum Gasteiger partial charge on any atom is -0.378 e. The first-order valence-electron chi connectivity index (χ1n) is 6.05. The summed E-state index contributed by atoms with van der Waals surface area (Å²) in [5, 5.41) is 0. The third-order valence-electron chi connectivity index (χ3n) is 2.10. The van der Waals surface area contributed by atoms with Crippen LogP contribution in [0.4, 0.5) is 0 Å². The van der Waals surface area contributed by atoms with E-state index in [9.17, 15) is 0 Å². The molecule has 0 amide bonds. The van der Waals surface area contributed by atoms with Gasteiger partial charge in [-0.2, -0.15) is 13.7 Å². The molecule has 0 saturated heterocycles. The lowest BCUT2D eigenvalue weighted by Crippen LogP contribution is -2.49. The summed E-state index contributed by atoms with van der Waals surface area (Å²) in [6.07, 6.45) is 1.83. The van der Waals surface area contributed by atoms with Crippen molar-refractivity contribution >= 4 is 9.05 Å². The Kier molecular flexibility index (Phi) is 11.6. The van der Waals surface area contributed by atoms with Crippen LogP contribution in [0, 0.1) is 0 Å². The van der Waals surface area contributed by atoms with Crippen molar-refractivity contribution in [3.05, 3.63) is 0 Å². The van der Waals surface area contributed by atoms with Gasteiger partial charge < -0.3 is 9.16 Å². The average molecular weight is 300 g/mol. The second-order valence-corrected chi connectivity index (χ2v) is 5.33. The lowest BCUT2D eigenvalue weighted by atomic mass is 10.3. The van der Waals surface area contributed by atoms with Gasteiger partial charge in [-0.1, -0.05) is 6.92 Å². The Balaban J connectivity index is 4.03. The molecule has 1 atom stereocenters. The Labute approximate surface area is 115 Å². The molecule has 0 N–H and O–H groups in total. The zero-order valence-corrected chi connectivity index (χ0v) is 13.2. The molecule has 19 heavy (non-hydrogen) atoms. The fourth-order valence-corrected chi connectivity index (χ4v) is 2.31. The molecule has 0 aliphatic rings. The van der Waals surface area contributed by atoms with Crippen LogP contribution in [-0.2, 0) is 37.6 Å². The van der Waals surface area contributed by atoms with Crippen LogP contribution in [0.25, 0.3) is 0 Å². The molecule has 0 fully saturated rings. The molecule has 0 aliphatic heterocycles. The van der Waals surface area contributed by atoms with Gasteiger partial charge in [-0.3, -0.25) is 0 Å². The monoisotopic (exact) mass is 300 g/mol. The largest absolute Gasteiger partial charge is 0.764 e. The van der Waals surface area contributed by atoms with Gasteiger partial charge in [0.05, 0.1) is 27.4 Å². The fraction of sp³-hybridized carbons (Fsp3) is 1.00. The smallest absolute Gasteiger partial charge is 0.378 e. The van der Waals surface area contributed by atoms with E-state index in [4.69, 9.17) is 22.9 Å². The van der Waals surface area contributed by atoms with Gasteiger partial charge in [-0.25, -0.2) is 14.7 Å². The first-order chi connectivity index (χ1) is 9.14. The molecule has 116 valence electrons. The van der Waals surface area contributed by atoms with Gasteiger partial charge in [0.25, 0.3) is 0 Å². The van der Waals surface area contributed by atoms with Crippen molar-refractivity contribution in [2.75, 3.05) is 34.5 Å². The first kappa shape index (κ1) is 18.9. The molecule has 0 aromatic carbocycles. The molecule has 0 rings (SSSR count). The molecule has 0 radical (unpaired) electrons. The highest BCUT2D eigenvalue weighted by atomic mass is 28.4. The molecule has 0 aromatic rings. The Morgan fingerprint density at radius 2 is 1.42 bits per heavy atom. The number of ether oxygens (including phenoxy) is 1. The molecular weight excluding hydrogens is 276 g/mol. The van der Waals surface area contributed by atoms with Crippen LogP contribution in [0.5, 0.6) is 0 Å². The topological polar surface area (TPSA) is 73.8 Å². The van der Waals surface area contributed by atoms with Gasteiger partial charge >= 0.3 is 9.05 Å². The van der Waals surface area contributed by atoms with Crippen LogP contribution in [0.3, 0.4) is 0 Å². The summed E-state index contributed by atoms with van der Waals surface area (Å²) < 4.78 is 25.4. The highest BCUT2D eigenvalue weighted by Crippen LogP contribution is 2.13. The van der Waals surface area contributed by atoms with Gasteiger partial charge in [0.15, 0.2) is 0 Å². The molecule has 8 nitrogen and oxygen atoms in total. The van der Waals surface area contributed by atoms with Crippen molar-refractivity contribution in [3.63, 3.8) is 0 Å². The van der Waals surface area contributed by atoms with Crippen LogP contribution in [-0.4, -0.2) is 49.7 Å². The van der Waals surface area contributed by atoms with Crippen molar-refractivity contribution in [1.82, 2.24) is 0 Å². The average Bonchev–Trinajstić information content (AvgIpc) is 2.39. The quantitative estimate of drug-likeness (QED) is 0.219. The molecule has 9 heteroatoms. The summed E-state index contributed by atoms with van der Waals surface area (Å²) in [5.74, 6) is 0. The molecule has 0 saturated carbocycles. The van der Waals surface area contributed by atoms with E-state index in [1.54, 1.807) is 0 Å². The second kappa shape index (κ2) is 11.7. The van der Waals surface area contributed by atoms with E-state index in [1.165, 1.54) is 21.3 Å². The molecule has 0 spiro atoms. The van der Waals surface area contributed by atoms with E-state index >= 15 is 0 Å². The van der Waals surface area contributed by atoms with Gasteiger partial charge in [0.2, 0.25) is 0 Å². The van der Waals surface area contributed by atoms with Crippen molar-refractivity contribution < 1.29 is 37.6 Å². The Morgan fingerprint density at radius 1 is 0.895 bits per heavy atom. The molecule has 0 heterocycles. The van der Waals surface area contributed by atoms with Crippen molar-refractivity contribution in [2.24, 2.45) is 0 Å². The minimum atomic E-state index is -3.60. The number of hydrogen-bond donors (Lipinski definition) is 0. The Hall–Kier alpha value is -0.103. The van der Waals surface area contributed by atoms with Crippen molar-refractivity contribution in [2.45, 2.75) is 32.8 Å². The van der Waals surface area contributed by atoms with E-state index in [0.29, 0.717) is 19.6 Å². The summed E-state index contributed by atoms with van der Waals surface area (Å²) in [5.41, 5.74) is 0. The SMILES string of the molecule is CCC(C)OCCCO[Si](OOC)(OOC)OOC. The first-order valence-corrected chi connectivity index (χ1v) is 7.68. The lowest BCUT2D eigenvalue weighted by molar-refractivity contribution is -0.370. The minimum absolute atomic E-state index is 0.225. The summed E-state index contributed by atoms with van der Waals surface area (Å²) in [7, 11) is 0.299.